The Balaban J connectivity index is 2.23. The van der Waals surface area contributed by atoms with Crippen molar-refractivity contribution in [3.8, 4) is 0 Å². The van der Waals surface area contributed by atoms with Crippen molar-refractivity contribution in [2.75, 3.05) is 33.6 Å². The zero-order valence-electron chi connectivity index (χ0n) is 9.80. The predicted octanol–water partition coefficient (Wildman–Crippen LogP) is 1.59. The molecule has 2 aliphatic rings. The zero-order valence-corrected chi connectivity index (χ0v) is 10.7. The van der Waals surface area contributed by atoms with Crippen molar-refractivity contribution in [2.24, 2.45) is 0 Å². The topological polar surface area (TPSA) is 40.2 Å². The molecule has 0 saturated carbocycles. The molecule has 2 heterocycles. The molecule has 6 heteroatoms. The number of nitrogens with zero attached hydrogens (tertiary/aromatic N) is 1. The molecular formula is C9H20NO4P. The number of rotatable bonds is 2. The Kier molecular flexibility index (Phi) is 2.83. The summed E-state index contributed by atoms with van der Waals surface area (Å²) in [5.74, 6) is 0. The van der Waals surface area contributed by atoms with Crippen LogP contribution in [0.25, 0.3) is 0 Å². The summed E-state index contributed by atoms with van der Waals surface area (Å²) < 4.78 is 23.4. The van der Waals surface area contributed by atoms with Gasteiger partial charge in [0.25, 0.3) is 0 Å². The summed E-state index contributed by atoms with van der Waals surface area (Å²) in [6.45, 7) is 5.07. The van der Waals surface area contributed by atoms with Crippen LogP contribution >= 0.6 is 7.51 Å². The molecule has 0 bridgehead atoms. The van der Waals surface area contributed by atoms with Gasteiger partial charge in [-0.2, -0.15) is 0 Å². The van der Waals surface area contributed by atoms with Crippen LogP contribution in [-0.2, 0) is 18.1 Å². The molecule has 0 aromatic heterocycles. The third-order valence-electron chi connectivity index (χ3n) is 2.40. The van der Waals surface area contributed by atoms with E-state index >= 15 is 0 Å². The minimum absolute atomic E-state index is 0.0490. The Morgan fingerprint density at radius 2 is 1.53 bits per heavy atom. The fourth-order valence-corrected chi connectivity index (χ4v) is 6.14. The van der Waals surface area contributed by atoms with Crippen LogP contribution in [0.5, 0.6) is 0 Å². The van der Waals surface area contributed by atoms with Crippen LogP contribution in [0.1, 0.15) is 13.8 Å². The van der Waals surface area contributed by atoms with Crippen molar-refractivity contribution >= 4 is 7.51 Å². The fraction of sp³-hybridized carbons (Fsp3) is 1.00. The van der Waals surface area contributed by atoms with Crippen molar-refractivity contribution in [3.05, 3.63) is 0 Å². The van der Waals surface area contributed by atoms with Crippen LogP contribution in [0.2, 0.25) is 0 Å². The van der Waals surface area contributed by atoms with Crippen molar-refractivity contribution < 1.29 is 18.1 Å². The van der Waals surface area contributed by atoms with E-state index in [0.717, 1.165) is 0 Å². The van der Waals surface area contributed by atoms with E-state index in [2.05, 4.69) is 0 Å². The van der Waals surface area contributed by atoms with Gasteiger partial charge < -0.3 is 0 Å². The van der Waals surface area contributed by atoms with Crippen LogP contribution in [0, 0.1) is 0 Å². The maximum absolute atomic E-state index is 5.90. The first-order valence-corrected chi connectivity index (χ1v) is 7.37. The van der Waals surface area contributed by atoms with Gasteiger partial charge in [-0.05, 0) is 0 Å². The van der Waals surface area contributed by atoms with Gasteiger partial charge in [0.2, 0.25) is 0 Å². The molecule has 0 aromatic carbocycles. The molecule has 0 radical (unpaired) electrons. The molecule has 15 heavy (non-hydrogen) atoms. The van der Waals surface area contributed by atoms with Gasteiger partial charge in [0, 0.05) is 0 Å². The second-order valence-corrected chi connectivity index (χ2v) is 7.76. The maximum atomic E-state index is 5.90. The predicted molar refractivity (Wildman–Crippen MR) is 58.5 cm³/mol. The average molecular weight is 237 g/mol. The third-order valence-corrected chi connectivity index (χ3v) is 6.26. The number of hydrogen-bond acceptors (Lipinski definition) is 5. The molecule has 2 atom stereocenters. The zero-order chi connectivity index (χ0) is 11.1. The van der Waals surface area contributed by atoms with E-state index in [4.69, 9.17) is 18.1 Å². The van der Waals surface area contributed by atoms with Gasteiger partial charge in [0.05, 0.1) is 0 Å². The first-order valence-electron chi connectivity index (χ1n) is 5.28. The van der Waals surface area contributed by atoms with E-state index < -0.39 is 7.51 Å². The van der Waals surface area contributed by atoms with E-state index in [0.29, 0.717) is 19.5 Å². The Hall–Kier alpha value is 0.230. The molecular weight excluding hydrogens is 217 g/mol. The SMILES string of the molecule is CC1COP2(CN(C)C)(OCC(C)O2)O1. The third kappa shape index (κ3) is 2.05. The summed E-state index contributed by atoms with van der Waals surface area (Å²) in [4.78, 5) is 1.99. The summed E-state index contributed by atoms with van der Waals surface area (Å²) in [6.07, 6.45) is 0.668. The monoisotopic (exact) mass is 237 g/mol. The van der Waals surface area contributed by atoms with Gasteiger partial charge in [-0.3, -0.25) is 0 Å². The second kappa shape index (κ2) is 3.62. The Morgan fingerprint density at radius 1 is 1.07 bits per heavy atom. The molecule has 0 aliphatic carbocycles. The molecule has 5 nitrogen and oxygen atoms in total. The van der Waals surface area contributed by atoms with Crippen molar-refractivity contribution in [1.82, 2.24) is 4.90 Å². The molecule has 2 fully saturated rings. The first kappa shape index (κ1) is 11.7. The van der Waals surface area contributed by atoms with Crippen LogP contribution in [0.4, 0.5) is 0 Å². The molecule has 2 saturated heterocycles. The molecule has 2 rings (SSSR count). The van der Waals surface area contributed by atoms with Crippen molar-refractivity contribution in [2.45, 2.75) is 26.1 Å². The molecule has 2 unspecified atom stereocenters. The van der Waals surface area contributed by atoms with Crippen LogP contribution in [0.3, 0.4) is 0 Å². The van der Waals surface area contributed by atoms with Crippen molar-refractivity contribution in [1.29, 1.82) is 0 Å². The van der Waals surface area contributed by atoms with E-state index in [-0.39, 0.29) is 12.2 Å². The van der Waals surface area contributed by atoms with E-state index in [1.807, 2.05) is 32.8 Å². The van der Waals surface area contributed by atoms with Crippen molar-refractivity contribution in [3.63, 3.8) is 0 Å². The first-order chi connectivity index (χ1) is 6.93. The Morgan fingerprint density at radius 3 is 1.80 bits per heavy atom. The van der Waals surface area contributed by atoms with Gasteiger partial charge in [0.1, 0.15) is 0 Å². The molecule has 0 aromatic rings. The Labute approximate surface area is 90.9 Å². The quantitative estimate of drug-likeness (QED) is 0.682. The van der Waals surface area contributed by atoms with Gasteiger partial charge >= 0.3 is 90.2 Å². The van der Waals surface area contributed by atoms with Gasteiger partial charge in [-0.1, -0.05) is 0 Å². The van der Waals surface area contributed by atoms with Gasteiger partial charge in [0.15, 0.2) is 0 Å². The Bertz CT molecular complexity index is 240. The summed E-state index contributed by atoms with van der Waals surface area (Å²) >= 11 is 0. The average Bonchev–Trinajstić information content (AvgIpc) is 2.56. The number of hydrogen-bond donors (Lipinski definition) is 0. The summed E-state index contributed by atoms with van der Waals surface area (Å²) in [7, 11) is 0.672. The van der Waals surface area contributed by atoms with Gasteiger partial charge in [-0.15, -0.1) is 0 Å². The molecule has 1 spiro atoms. The molecule has 0 amide bonds. The standard InChI is InChI=1S/C9H20NO4P/c1-8-5-11-15(13-8,7-10(3)4)12-6-9(2)14-15/h8-9H,5-7H2,1-4H3. The van der Waals surface area contributed by atoms with Crippen LogP contribution < -0.4 is 0 Å². The minimum atomic E-state index is -3.26. The molecule has 90 valence electrons. The van der Waals surface area contributed by atoms with E-state index in [1.165, 1.54) is 0 Å². The molecule has 2 aliphatic heterocycles. The second-order valence-electron chi connectivity index (χ2n) is 4.61. The summed E-state index contributed by atoms with van der Waals surface area (Å²) in [6, 6.07) is 0. The van der Waals surface area contributed by atoms with E-state index in [1.54, 1.807) is 0 Å². The van der Waals surface area contributed by atoms with Crippen LogP contribution in [0.15, 0.2) is 0 Å². The normalized spacial score (nSPS) is 40.7. The van der Waals surface area contributed by atoms with E-state index in [9.17, 15) is 0 Å². The van der Waals surface area contributed by atoms with Crippen LogP contribution in [-0.4, -0.2) is 50.7 Å². The van der Waals surface area contributed by atoms with Gasteiger partial charge in [-0.25, -0.2) is 0 Å². The summed E-state index contributed by atoms with van der Waals surface area (Å²) in [5.41, 5.74) is 0. The fourth-order valence-electron chi connectivity index (χ4n) is 2.05. The summed E-state index contributed by atoms with van der Waals surface area (Å²) in [5, 5.41) is 0. The molecule has 0 N–H and O–H groups in total.